The minimum atomic E-state index is -0.859. The highest BCUT2D eigenvalue weighted by molar-refractivity contribution is 6.52. The van der Waals surface area contributed by atoms with Gasteiger partial charge in [-0.25, -0.2) is 4.39 Å². The van der Waals surface area contributed by atoms with E-state index in [9.17, 15) is 18.8 Å². The van der Waals surface area contributed by atoms with Crippen LogP contribution in [0.5, 0.6) is 0 Å². The zero-order chi connectivity index (χ0) is 11.0. The molecule has 5 heteroatoms. The van der Waals surface area contributed by atoms with Crippen LogP contribution in [0.15, 0.2) is 18.2 Å². The number of Topliss-reactive ketones (excluding diaryl/α,β-unsaturated/α-hetero) is 1. The summed E-state index contributed by atoms with van der Waals surface area (Å²) in [5.74, 6) is -2.30. The maximum absolute atomic E-state index is 13.3. The SMILES string of the molecule is O=CCN1C(=O)C(=O)c2cccc(F)c21. The predicted octanol–water partition coefficient (Wildman–Crippen LogP) is 0.554. The number of amides is 1. The fraction of sp³-hybridized carbons (Fsp3) is 0.100. The minimum Gasteiger partial charge on any atom is -0.301 e. The Morgan fingerprint density at radius 3 is 2.73 bits per heavy atom. The maximum atomic E-state index is 13.3. The van der Waals surface area contributed by atoms with Crippen molar-refractivity contribution in [1.82, 2.24) is 0 Å². The van der Waals surface area contributed by atoms with E-state index in [1.807, 2.05) is 0 Å². The van der Waals surface area contributed by atoms with Crippen LogP contribution in [0.3, 0.4) is 0 Å². The summed E-state index contributed by atoms with van der Waals surface area (Å²) in [5, 5.41) is 0. The standard InChI is InChI=1S/C10H6FNO3/c11-7-3-1-2-6-8(7)12(4-5-13)10(15)9(6)14/h1-3,5H,4H2. The molecule has 0 spiro atoms. The van der Waals surface area contributed by atoms with E-state index in [1.165, 1.54) is 12.1 Å². The fourth-order valence-corrected chi connectivity index (χ4v) is 1.56. The lowest BCUT2D eigenvalue weighted by Crippen LogP contribution is -2.31. The van der Waals surface area contributed by atoms with Crippen LogP contribution in [0, 0.1) is 5.82 Å². The lowest BCUT2D eigenvalue weighted by atomic mass is 10.1. The van der Waals surface area contributed by atoms with E-state index in [0.717, 1.165) is 11.0 Å². The molecule has 0 atom stereocenters. The summed E-state index contributed by atoms with van der Waals surface area (Å²) in [5.41, 5.74) is -0.0820. The summed E-state index contributed by atoms with van der Waals surface area (Å²) in [7, 11) is 0. The number of carbonyl (C=O) groups excluding carboxylic acids is 3. The molecule has 1 amide bonds. The molecule has 0 aliphatic carbocycles. The Labute approximate surface area is 84.3 Å². The third-order valence-corrected chi connectivity index (χ3v) is 2.20. The Morgan fingerprint density at radius 1 is 1.33 bits per heavy atom. The van der Waals surface area contributed by atoms with Crippen molar-refractivity contribution in [3.63, 3.8) is 0 Å². The Kier molecular flexibility index (Phi) is 2.07. The van der Waals surface area contributed by atoms with E-state index in [4.69, 9.17) is 0 Å². The number of nitrogens with zero attached hydrogens (tertiary/aromatic N) is 1. The van der Waals surface area contributed by atoms with Crippen molar-refractivity contribution >= 4 is 23.7 Å². The van der Waals surface area contributed by atoms with Gasteiger partial charge in [0.05, 0.1) is 17.8 Å². The van der Waals surface area contributed by atoms with Crippen molar-refractivity contribution in [2.45, 2.75) is 0 Å². The molecule has 0 fully saturated rings. The predicted molar refractivity (Wildman–Crippen MR) is 49.1 cm³/mol. The number of hydrogen-bond acceptors (Lipinski definition) is 3. The van der Waals surface area contributed by atoms with Gasteiger partial charge in [0.2, 0.25) is 0 Å². The molecule has 0 aromatic heterocycles. The summed E-state index contributed by atoms with van der Waals surface area (Å²) in [6.07, 6.45) is 0.451. The summed E-state index contributed by atoms with van der Waals surface area (Å²) < 4.78 is 13.3. The Morgan fingerprint density at radius 2 is 2.07 bits per heavy atom. The van der Waals surface area contributed by atoms with Crippen molar-refractivity contribution in [2.24, 2.45) is 0 Å². The summed E-state index contributed by atoms with van der Waals surface area (Å²) in [6.45, 7) is -0.307. The third-order valence-electron chi connectivity index (χ3n) is 2.20. The molecule has 2 rings (SSSR count). The average Bonchev–Trinajstić information content (AvgIpc) is 2.46. The molecule has 0 N–H and O–H groups in total. The van der Waals surface area contributed by atoms with Gasteiger partial charge in [-0.1, -0.05) is 6.07 Å². The number of fused-ring (bicyclic) bond motifs is 1. The Bertz CT molecular complexity index is 470. The van der Waals surface area contributed by atoms with E-state index in [2.05, 4.69) is 0 Å². The number of rotatable bonds is 2. The van der Waals surface area contributed by atoms with E-state index in [-0.39, 0.29) is 17.8 Å². The molecular weight excluding hydrogens is 201 g/mol. The van der Waals surface area contributed by atoms with Gasteiger partial charge in [0, 0.05) is 0 Å². The number of benzene rings is 1. The van der Waals surface area contributed by atoms with Gasteiger partial charge in [0.1, 0.15) is 12.1 Å². The number of anilines is 1. The van der Waals surface area contributed by atoms with Crippen LogP contribution < -0.4 is 4.90 Å². The summed E-state index contributed by atoms with van der Waals surface area (Å²) in [4.78, 5) is 33.9. The van der Waals surface area contributed by atoms with E-state index >= 15 is 0 Å². The van der Waals surface area contributed by atoms with Crippen LogP contribution in [-0.4, -0.2) is 24.5 Å². The van der Waals surface area contributed by atoms with Crippen LogP contribution in [0.25, 0.3) is 0 Å². The lowest BCUT2D eigenvalue weighted by Gasteiger charge is -2.12. The first-order valence-corrected chi connectivity index (χ1v) is 4.25. The van der Waals surface area contributed by atoms with Crippen LogP contribution in [0.1, 0.15) is 10.4 Å². The first-order valence-electron chi connectivity index (χ1n) is 4.25. The van der Waals surface area contributed by atoms with Gasteiger partial charge in [-0.05, 0) is 12.1 Å². The third kappa shape index (κ3) is 1.24. The van der Waals surface area contributed by atoms with Gasteiger partial charge >= 0.3 is 0 Å². The molecule has 15 heavy (non-hydrogen) atoms. The molecule has 76 valence electrons. The second kappa shape index (κ2) is 3.27. The first-order chi connectivity index (χ1) is 7.16. The molecule has 1 aliphatic heterocycles. The van der Waals surface area contributed by atoms with Crippen LogP contribution in [0.4, 0.5) is 10.1 Å². The normalized spacial score (nSPS) is 14.3. The Hall–Kier alpha value is -2.04. The van der Waals surface area contributed by atoms with Gasteiger partial charge in [0.25, 0.3) is 11.7 Å². The molecule has 0 unspecified atom stereocenters. The van der Waals surface area contributed by atoms with Crippen LogP contribution in [-0.2, 0) is 9.59 Å². The highest BCUT2D eigenvalue weighted by Crippen LogP contribution is 2.30. The summed E-state index contributed by atoms with van der Waals surface area (Å²) in [6, 6.07) is 3.86. The fourth-order valence-electron chi connectivity index (χ4n) is 1.56. The second-order valence-corrected chi connectivity index (χ2v) is 3.05. The number of para-hydroxylation sites is 1. The zero-order valence-corrected chi connectivity index (χ0v) is 7.57. The molecule has 0 saturated heterocycles. The first kappa shape index (κ1) is 9.51. The van der Waals surface area contributed by atoms with Gasteiger partial charge in [0.15, 0.2) is 0 Å². The molecule has 0 bridgehead atoms. The highest BCUT2D eigenvalue weighted by Gasteiger charge is 2.37. The van der Waals surface area contributed by atoms with Crippen LogP contribution >= 0.6 is 0 Å². The number of aldehydes is 1. The van der Waals surface area contributed by atoms with Crippen LogP contribution in [0.2, 0.25) is 0 Å². The molecule has 4 nitrogen and oxygen atoms in total. The summed E-state index contributed by atoms with van der Waals surface area (Å²) >= 11 is 0. The molecule has 0 radical (unpaired) electrons. The van der Waals surface area contributed by atoms with E-state index < -0.39 is 17.5 Å². The average molecular weight is 207 g/mol. The van der Waals surface area contributed by atoms with E-state index in [0.29, 0.717) is 6.29 Å². The molecule has 1 aromatic rings. The zero-order valence-electron chi connectivity index (χ0n) is 7.57. The van der Waals surface area contributed by atoms with Crippen molar-refractivity contribution in [3.05, 3.63) is 29.6 Å². The van der Waals surface area contributed by atoms with Crippen molar-refractivity contribution in [2.75, 3.05) is 11.4 Å². The van der Waals surface area contributed by atoms with Crippen molar-refractivity contribution < 1.29 is 18.8 Å². The van der Waals surface area contributed by atoms with E-state index in [1.54, 1.807) is 0 Å². The maximum Gasteiger partial charge on any atom is 0.299 e. The largest absolute Gasteiger partial charge is 0.301 e. The lowest BCUT2D eigenvalue weighted by molar-refractivity contribution is -0.115. The minimum absolute atomic E-state index is 0.0156. The molecule has 1 aromatic carbocycles. The molecular formula is C10H6FNO3. The number of halogens is 1. The van der Waals surface area contributed by atoms with Gasteiger partial charge in [-0.3, -0.25) is 14.5 Å². The number of hydrogen-bond donors (Lipinski definition) is 0. The number of ketones is 1. The second-order valence-electron chi connectivity index (χ2n) is 3.05. The smallest absolute Gasteiger partial charge is 0.299 e. The van der Waals surface area contributed by atoms with Gasteiger partial charge < -0.3 is 4.79 Å². The van der Waals surface area contributed by atoms with Gasteiger partial charge in [-0.15, -0.1) is 0 Å². The number of carbonyl (C=O) groups is 3. The molecule has 0 saturated carbocycles. The monoisotopic (exact) mass is 207 g/mol. The highest BCUT2D eigenvalue weighted by atomic mass is 19.1. The van der Waals surface area contributed by atoms with Crippen molar-refractivity contribution in [3.8, 4) is 0 Å². The molecule has 1 heterocycles. The van der Waals surface area contributed by atoms with Gasteiger partial charge in [-0.2, -0.15) is 0 Å². The Balaban J connectivity index is 2.61. The quantitative estimate of drug-likeness (QED) is 0.525. The molecule has 1 aliphatic rings. The van der Waals surface area contributed by atoms with Crippen molar-refractivity contribution in [1.29, 1.82) is 0 Å². The topological polar surface area (TPSA) is 54.5 Å².